The van der Waals surface area contributed by atoms with Crippen LogP contribution in [0.3, 0.4) is 0 Å². The van der Waals surface area contributed by atoms with E-state index in [2.05, 4.69) is 39.1 Å². The molecule has 22 heavy (non-hydrogen) atoms. The highest BCUT2D eigenvalue weighted by molar-refractivity contribution is 9.10. The fourth-order valence-corrected chi connectivity index (χ4v) is 2.98. The Labute approximate surface area is 137 Å². The average molecular weight is 358 g/mol. The lowest BCUT2D eigenvalue weighted by atomic mass is 10.0. The van der Waals surface area contributed by atoms with Gasteiger partial charge in [-0.1, -0.05) is 39.7 Å². The summed E-state index contributed by atoms with van der Waals surface area (Å²) in [5, 5.41) is 10.1. The monoisotopic (exact) mass is 357 g/mol. The number of aromatic nitrogens is 1. The van der Waals surface area contributed by atoms with Gasteiger partial charge in [0.2, 0.25) is 0 Å². The molecule has 0 aliphatic rings. The molecule has 3 rings (SSSR count). The molecule has 2 N–H and O–H groups in total. The van der Waals surface area contributed by atoms with E-state index in [1.807, 2.05) is 31.2 Å². The van der Waals surface area contributed by atoms with Gasteiger partial charge in [-0.2, -0.15) is 0 Å². The quantitative estimate of drug-likeness (QED) is 0.695. The first-order valence-corrected chi connectivity index (χ1v) is 7.93. The van der Waals surface area contributed by atoms with E-state index in [0.717, 1.165) is 32.2 Å². The van der Waals surface area contributed by atoms with Crippen molar-refractivity contribution in [2.45, 2.75) is 19.8 Å². The van der Waals surface area contributed by atoms with Crippen LogP contribution in [-0.2, 0) is 11.2 Å². The lowest BCUT2D eigenvalue weighted by Crippen LogP contribution is -1.98. The molecule has 4 heteroatoms. The zero-order valence-corrected chi connectivity index (χ0v) is 13.8. The van der Waals surface area contributed by atoms with E-state index in [-0.39, 0.29) is 6.42 Å². The molecule has 0 aliphatic carbocycles. The molecular weight excluding hydrogens is 342 g/mol. The SMILES string of the molecule is Cc1ccc2[nH]c(-c3ccc(Br)cc3)c(CCC(=O)O)c2c1. The van der Waals surface area contributed by atoms with Crippen LogP contribution >= 0.6 is 15.9 Å². The van der Waals surface area contributed by atoms with Gasteiger partial charge in [0, 0.05) is 27.5 Å². The molecule has 0 spiro atoms. The minimum Gasteiger partial charge on any atom is -0.481 e. The number of aryl methyl sites for hydroxylation is 2. The zero-order valence-electron chi connectivity index (χ0n) is 12.2. The van der Waals surface area contributed by atoms with Crippen LogP contribution in [0.15, 0.2) is 46.9 Å². The molecule has 0 amide bonds. The molecular formula is C18H16BrNO2. The zero-order chi connectivity index (χ0) is 15.7. The van der Waals surface area contributed by atoms with Crippen molar-refractivity contribution in [3.63, 3.8) is 0 Å². The van der Waals surface area contributed by atoms with Crippen molar-refractivity contribution in [3.05, 3.63) is 58.1 Å². The fraction of sp³-hybridized carbons (Fsp3) is 0.167. The van der Waals surface area contributed by atoms with Crippen LogP contribution in [0.5, 0.6) is 0 Å². The molecule has 0 saturated carbocycles. The fourth-order valence-electron chi connectivity index (χ4n) is 2.72. The van der Waals surface area contributed by atoms with Crippen molar-refractivity contribution >= 4 is 32.8 Å². The van der Waals surface area contributed by atoms with E-state index in [9.17, 15) is 4.79 Å². The van der Waals surface area contributed by atoms with E-state index in [1.165, 1.54) is 5.56 Å². The third-order valence-corrected chi connectivity index (χ3v) is 4.31. The molecule has 0 radical (unpaired) electrons. The number of halogens is 1. The number of hydrogen-bond donors (Lipinski definition) is 2. The smallest absolute Gasteiger partial charge is 0.303 e. The summed E-state index contributed by atoms with van der Waals surface area (Å²) < 4.78 is 1.02. The Balaban J connectivity index is 2.16. The van der Waals surface area contributed by atoms with Crippen molar-refractivity contribution in [3.8, 4) is 11.3 Å². The molecule has 0 aliphatic heterocycles. The Bertz CT molecular complexity index is 834. The van der Waals surface area contributed by atoms with Gasteiger partial charge in [-0.05, 0) is 48.7 Å². The van der Waals surface area contributed by atoms with E-state index >= 15 is 0 Å². The number of fused-ring (bicyclic) bond motifs is 1. The maximum absolute atomic E-state index is 11.0. The van der Waals surface area contributed by atoms with Crippen molar-refractivity contribution in [2.24, 2.45) is 0 Å². The Morgan fingerprint density at radius 1 is 1.18 bits per heavy atom. The van der Waals surface area contributed by atoms with Crippen molar-refractivity contribution in [1.82, 2.24) is 4.98 Å². The van der Waals surface area contributed by atoms with E-state index in [0.29, 0.717) is 6.42 Å². The molecule has 0 fully saturated rings. The van der Waals surface area contributed by atoms with Gasteiger partial charge in [0.15, 0.2) is 0 Å². The van der Waals surface area contributed by atoms with Crippen LogP contribution in [-0.4, -0.2) is 16.1 Å². The second-order valence-electron chi connectivity index (χ2n) is 5.43. The summed E-state index contributed by atoms with van der Waals surface area (Å²) in [7, 11) is 0. The third-order valence-electron chi connectivity index (χ3n) is 3.78. The average Bonchev–Trinajstić information content (AvgIpc) is 2.83. The van der Waals surface area contributed by atoms with Crippen LogP contribution < -0.4 is 0 Å². The number of nitrogens with one attached hydrogen (secondary N) is 1. The lowest BCUT2D eigenvalue weighted by Gasteiger charge is -2.04. The molecule has 112 valence electrons. The van der Waals surface area contributed by atoms with Crippen molar-refractivity contribution in [1.29, 1.82) is 0 Å². The second kappa shape index (κ2) is 5.97. The highest BCUT2D eigenvalue weighted by atomic mass is 79.9. The van der Waals surface area contributed by atoms with Gasteiger partial charge >= 0.3 is 5.97 Å². The van der Waals surface area contributed by atoms with E-state index in [1.54, 1.807) is 0 Å². The number of aromatic amines is 1. The van der Waals surface area contributed by atoms with Gasteiger partial charge in [-0.3, -0.25) is 4.79 Å². The number of carboxylic acid groups (broad SMARTS) is 1. The van der Waals surface area contributed by atoms with E-state index < -0.39 is 5.97 Å². The first-order chi connectivity index (χ1) is 10.5. The summed E-state index contributed by atoms with van der Waals surface area (Å²) in [6.45, 7) is 2.05. The molecule has 1 aromatic heterocycles. The molecule has 0 atom stereocenters. The predicted octanol–water partition coefficient (Wildman–Crippen LogP) is 4.92. The van der Waals surface area contributed by atoms with Crippen molar-refractivity contribution < 1.29 is 9.90 Å². The van der Waals surface area contributed by atoms with Gasteiger partial charge < -0.3 is 10.1 Å². The van der Waals surface area contributed by atoms with Crippen LogP contribution in [0.25, 0.3) is 22.2 Å². The standard InChI is InChI=1S/C18H16BrNO2/c1-11-2-8-16-15(10-11)14(7-9-17(21)22)18(20-16)12-3-5-13(19)6-4-12/h2-6,8,10,20H,7,9H2,1H3,(H,21,22). The number of hydrogen-bond acceptors (Lipinski definition) is 1. The van der Waals surface area contributed by atoms with Gasteiger partial charge in [0.1, 0.15) is 0 Å². The summed E-state index contributed by atoms with van der Waals surface area (Å²) in [5.41, 5.74) is 5.37. The summed E-state index contributed by atoms with van der Waals surface area (Å²) in [5.74, 6) is -0.774. The summed E-state index contributed by atoms with van der Waals surface area (Å²) in [6, 6.07) is 14.3. The number of rotatable bonds is 4. The minimum absolute atomic E-state index is 0.129. The van der Waals surface area contributed by atoms with Crippen molar-refractivity contribution in [2.75, 3.05) is 0 Å². The van der Waals surface area contributed by atoms with E-state index in [4.69, 9.17) is 5.11 Å². The molecule has 0 saturated heterocycles. The number of aliphatic carboxylic acids is 1. The first kappa shape index (κ1) is 14.9. The third kappa shape index (κ3) is 2.92. The van der Waals surface area contributed by atoms with Crippen LogP contribution in [0.4, 0.5) is 0 Å². The second-order valence-corrected chi connectivity index (χ2v) is 6.34. The maximum Gasteiger partial charge on any atom is 0.303 e. The maximum atomic E-state index is 11.0. The van der Waals surface area contributed by atoms with Gasteiger partial charge in [-0.15, -0.1) is 0 Å². The molecule has 0 unspecified atom stereocenters. The molecule has 3 nitrogen and oxygen atoms in total. The normalized spacial score (nSPS) is 11.0. The molecule has 2 aromatic carbocycles. The highest BCUT2D eigenvalue weighted by Gasteiger charge is 2.14. The summed E-state index contributed by atoms with van der Waals surface area (Å²) >= 11 is 3.44. The Hall–Kier alpha value is -2.07. The number of carbonyl (C=O) groups is 1. The Morgan fingerprint density at radius 3 is 2.59 bits per heavy atom. The molecule has 3 aromatic rings. The van der Waals surface area contributed by atoms with Gasteiger partial charge in [0.25, 0.3) is 0 Å². The predicted molar refractivity (Wildman–Crippen MR) is 92.1 cm³/mol. The minimum atomic E-state index is -0.774. The first-order valence-electron chi connectivity index (χ1n) is 7.13. The number of carboxylic acids is 1. The summed E-state index contributed by atoms with van der Waals surface area (Å²) in [6.07, 6.45) is 0.647. The largest absolute Gasteiger partial charge is 0.481 e. The van der Waals surface area contributed by atoms with Crippen LogP contribution in [0.1, 0.15) is 17.5 Å². The lowest BCUT2D eigenvalue weighted by molar-refractivity contribution is -0.136. The van der Waals surface area contributed by atoms with Gasteiger partial charge in [-0.25, -0.2) is 0 Å². The Morgan fingerprint density at radius 2 is 1.91 bits per heavy atom. The number of benzene rings is 2. The highest BCUT2D eigenvalue weighted by Crippen LogP contribution is 2.32. The molecule has 1 heterocycles. The molecule has 0 bridgehead atoms. The van der Waals surface area contributed by atoms with Crippen LogP contribution in [0, 0.1) is 6.92 Å². The van der Waals surface area contributed by atoms with Crippen LogP contribution in [0.2, 0.25) is 0 Å². The topological polar surface area (TPSA) is 53.1 Å². The number of H-pyrrole nitrogens is 1. The summed E-state index contributed by atoms with van der Waals surface area (Å²) in [4.78, 5) is 14.4. The Kier molecular flexibility index (Phi) is 4.03. The van der Waals surface area contributed by atoms with Gasteiger partial charge in [0.05, 0.1) is 0 Å².